The van der Waals surface area contributed by atoms with Crippen LogP contribution in [0.3, 0.4) is 0 Å². The maximum Gasteiger partial charge on any atom is 0.245 e. The molecule has 1 heterocycles. The summed E-state index contributed by atoms with van der Waals surface area (Å²) in [6.07, 6.45) is 7.85. The molecule has 0 aliphatic rings. The molecule has 0 saturated heterocycles. The van der Waals surface area contributed by atoms with Crippen LogP contribution in [0.2, 0.25) is 0 Å². The number of halogens is 1. The molecule has 18 heavy (non-hydrogen) atoms. The second kappa shape index (κ2) is 7.34. The summed E-state index contributed by atoms with van der Waals surface area (Å²) in [6, 6.07) is 10.5. The van der Waals surface area contributed by atoms with Crippen LogP contribution in [0, 0.1) is 0 Å². The summed E-state index contributed by atoms with van der Waals surface area (Å²) in [5, 5.41) is 3.29. The van der Waals surface area contributed by atoms with Gasteiger partial charge in [-0.1, -0.05) is 37.3 Å². The van der Waals surface area contributed by atoms with Crippen LogP contribution in [0.25, 0.3) is 0 Å². The highest BCUT2D eigenvalue weighted by Crippen LogP contribution is 2.02. The van der Waals surface area contributed by atoms with Gasteiger partial charge in [0.2, 0.25) is 6.33 Å². The van der Waals surface area contributed by atoms with Gasteiger partial charge in [0.25, 0.3) is 0 Å². The van der Waals surface area contributed by atoms with Crippen molar-refractivity contribution in [3.8, 4) is 0 Å². The van der Waals surface area contributed by atoms with E-state index < -0.39 is 0 Å². The molecule has 0 saturated carbocycles. The number of hydrogen-bond donors (Lipinski definition) is 1. The fourth-order valence-electron chi connectivity index (χ4n) is 2.05. The van der Waals surface area contributed by atoms with Crippen molar-refractivity contribution in [2.75, 3.05) is 7.05 Å². The van der Waals surface area contributed by atoms with Crippen LogP contribution in [-0.4, -0.2) is 11.6 Å². The minimum absolute atomic E-state index is 0. The Kier molecular flexibility index (Phi) is 6.09. The van der Waals surface area contributed by atoms with Crippen LogP contribution >= 0.6 is 0 Å². The van der Waals surface area contributed by atoms with Crippen LogP contribution < -0.4 is 26.9 Å². The largest absolute Gasteiger partial charge is 1.00 e. The topological polar surface area (TPSA) is 20.8 Å². The van der Waals surface area contributed by atoms with Gasteiger partial charge in [-0.3, -0.25) is 5.32 Å². The first-order valence-electron chi connectivity index (χ1n) is 6.11. The van der Waals surface area contributed by atoms with E-state index in [2.05, 4.69) is 64.4 Å². The van der Waals surface area contributed by atoms with Gasteiger partial charge in [-0.05, 0) is 19.0 Å². The van der Waals surface area contributed by atoms with E-state index >= 15 is 0 Å². The molecule has 0 aliphatic heterocycles. The predicted molar refractivity (Wildman–Crippen MR) is 68.6 cm³/mol. The minimum Gasteiger partial charge on any atom is -1.00 e. The highest BCUT2D eigenvalue weighted by Gasteiger charge is 2.12. The first-order valence-corrected chi connectivity index (χ1v) is 6.11. The molecule has 2 rings (SSSR count). The zero-order valence-corrected chi connectivity index (χ0v) is 12.5. The van der Waals surface area contributed by atoms with Crippen LogP contribution in [0.1, 0.15) is 25.1 Å². The van der Waals surface area contributed by atoms with Crippen LogP contribution in [-0.2, 0) is 6.54 Å². The summed E-state index contributed by atoms with van der Waals surface area (Å²) in [4.78, 5) is 0. The van der Waals surface area contributed by atoms with Gasteiger partial charge >= 0.3 is 0 Å². The van der Waals surface area contributed by atoms with E-state index in [1.807, 2.05) is 13.1 Å². The Bertz CT molecular complexity index is 449. The number of nitrogens with one attached hydrogen (secondary N) is 1. The molecular formula is C14H20BrN3. The van der Waals surface area contributed by atoms with E-state index in [9.17, 15) is 0 Å². The lowest BCUT2D eigenvalue weighted by Crippen LogP contribution is -3.00. The van der Waals surface area contributed by atoms with E-state index in [4.69, 9.17) is 0 Å². The molecule has 1 N–H and O–H groups in total. The zero-order valence-electron chi connectivity index (χ0n) is 10.9. The number of hydrogen-bond acceptors (Lipinski definition) is 1. The molecule has 1 atom stereocenters. The van der Waals surface area contributed by atoms with Gasteiger partial charge < -0.3 is 17.0 Å². The molecule has 1 aromatic carbocycles. The maximum absolute atomic E-state index is 3.29. The summed E-state index contributed by atoms with van der Waals surface area (Å²) in [5.41, 5.74) is 1.33. The molecule has 0 spiro atoms. The Balaban J connectivity index is 0.00000162. The van der Waals surface area contributed by atoms with Crippen molar-refractivity contribution in [2.24, 2.45) is 0 Å². The molecule has 0 bridgehead atoms. The lowest BCUT2D eigenvalue weighted by atomic mass is 10.2. The minimum atomic E-state index is 0. The Morgan fingerprint density at radius 2 is 2.00 bits per heavy atom. The highest BCUT2D eigenvalue weighted by molar-refractivity contribution is 5.14. The third-order valence-electron chi connectivity index (χ3n) is 3.00. The van der Waals surface area contributed by atoms with Gasteiger partial charge in [-0.15, -0.1) is 0 Å². The average Bonchev–Trinajstić information content (AvgIpc) is 2.81. The molecule has 0 radical (unpaired) electrons. The van der Waals surface area contributed by atoms with Gasteiger partial charge in [-0.25, -0.2) is 9.13 Å². The van der Waals surface area contributed by atoms with E-state index in [0.29, 0.717) is 6.17 Å². The fraction of sp³-hybridized carbons (Fsp3) is 0.357. The summed E-state index contributed by atoms with van der Waals surface area (Å²) in [5.74, 6) is 0. The Labute approximate surface area is 119 Å². The smallest absolute Gasteiger partial charge is 0.245 e. The average molecular weight is 310 g/mol. The lowest BCUT2D eigenvalue weighted by Gasteiger charge is -2.08. The number of rotatable bonds is 5. The lowest BCUT2D eigenvalue weighted by molar-refractivity contribution is -0.727. The maximum atomic E-state index is 3.29. The van der Waals surface area contributed by atoms with Crippen molar-refractivity contribution < 1.29 is 21.5 Å². The summed E-state index contributed by atoms with van der Waals surface area (Å²) >= 11 is 0. The summed E-state index contributed by atoms with van der Waals surface area (Å²) in [6.45, 7) is 3.11. The molecular weight excluding hydrogens is 290 g/mol. The molecule has 1 aromatic heterocycles. The van der Waals surface area contributed by atoms with Crippen LogP contribution in [0.15, 0.2) is 49.1 Å². The van der Waals surface area contributed by atoms with Crippen molar-refractivity contribution in [2.45, 2.75) is 26.1 Å². The fourth-order valence-corrected chi connectivity index (χ4v) is 2.05. The van der Waals surface area contributed by atoms with E-state index in [0.717, 1.165) is 13.0 Å². The first-order chi connectivity index (χ1) is 8.33. The molecule has 0 amide bonds. The van der Waals surface area contributed by atoms with Crippen LogP contribution in [0.5, 0.6) is 0 Å². The van der Waals surface area contributed by atoms with Crippen molar-refractivity contribution >= 4 is 0 Å². The van der Waals surface area contributed by atoms with E-state index in [1.165, 1.54) is 5.56 Å². The standard InChI is InChI=1S/C14H20N3.BrH/c1-3-14(15-2)17-10-9-16(12-17)11-13-7-5-4-6-8-13;/h4-10,12,14-15H,3,11H2,1-2H3;1H/q+1;/p-1. The quantitative estimate of drug-likeness (QED) is 0.700. The molecule has 0 fully saturated rings. The number of aromatic nitrogens is 2. The van der Waals surface area contributed by atoms with Crippen molar-refractivity contribution in [1.82, 2.24) is 9.88 Å². The summed E-state index contributed by atoms with van der Waals surface area (Å²) in [7, 11) is 2.00. The van der Waals surface area contributed by atoms with Gasteiger partial charge in [0.1, 0.15) is 18.9 Å². The third-order valence-corrected chi connectivity index (χ3v) is 3.00. The zero-order chi connectivity index (χ0) is 12.1. The van der Waals surface area contributed by atoms with Crippen molar-refractivity contribution in [3.63, 3.8) is 0 Å². The molecule has 98 valence electrons. The van der Waals surface area contributed by atoms with Crippen LogP contribution in [0.4, 0.5) is 0 Å². The number of imidazole rings is 1. The molecule has 1 unspecified atom stereocenters. The highest BCUT2D eigenvalue weighted by atomic mass is 79.9. The first kappa shape index (κ1) is 14.9. The normalized spacial score (nSPS) is 11.9. The van der Waals surface area contributed by atoms with E-state index in [-0.39, 0.29) is 17.0 Å². The van der Waals surface area contributed by atoms with Gasteiger partial charge in [0.05, 0.1) is 0 Å². The molecule has 2 aromatic rings. The second-order valence-corrected chi connectivity index (χ2v) is 4.23. The summed E-state index contributed by atoms with van der Waals surface area (Å²) < 4.78 is 4.41. The van der Waals surface area contributed by atoms with Gasteiger partial charge in [0.15, 0.2) is 6.17 Å². The number of benzene rings is 1. The van der Waals surface area contributed by atoms with Gasteiger partial charge in [-0.2, -0.15) is 0 Å². The molecule has 4 heteroatoms. The third kappa shape index (κ3) is 3.68. The SMILES string of the molecule is CCC(NC)[n+]1ccn(Cc2ccccc2)c1.[Br-]. The molecule has 0 aliphatic carbocycles. The monoisotopic (exact) mass is 309 g/mol. The second-order valence-electron chi connectivity index (χ2n) is 4.23. The van der Waals surface area contributed by atoms with E-state index in [1.54, 1.807) is 0 Å². The Morgan fingerprint density at radius 3 is 2.61 bits per heavy atom. The number of nitrogens with zero attached hydrogens (tertiary/aromatic N) is 2. The Hall–Kier alpha value is -1.13. The van der Waals surface area contributed by atoms with Crippen molar-refractivity contribution in [1.29, 1.82) is 0 Å². The van der Waals surface area contributed by atoms with Gasteiger partial charge in [0, 0.05) is 0 Å². The van der Waals surface area contributed by atoms with Crippen molar-refractivity contribution in [3.05, 3.63) is 54.6 Å². The molecule has 3 nitrogen and oxygen atoms in total. The Morgan fingerprint density at radius 1 is 1.28 bits per heavy atom. The predicted octanol–water partition coefficient (Wildman–Crippen LogP) is -1.04.